The molecule has 17 nitrogen and oxygen atoms in total. The van der Waals surface area contributed by atoms with Crippen LogP contribution in [0, 0.1) is 0 Å². The summed E-state index contributed by atoms with van der Waals surface area (Å²) in [6.07, 6.45) is 5.52. The number of rotatable bonds is 16. The van der Waals surface area contributed by atoms with E-state index in [1.807, 2.05) is 36.2 Å². The SMILES string of the molecule is CO[C@@H]1[C@H](N(C)C(=O)CCCCCCCCC(=O)NCCNc2cccc3c2C(=O)N(C2CCC(=O)NC2=O)C3=O)C[C@H]2O[C@]1(C)n1c3ccccc3c3c4c(c5c6ccccc6n2c5c31)C(=O)NC4. The first-order valence-electron chi connectivity index (χ1n) is 24.5. The van der Waals surface area contributed by atoms with Crippen molar-refractivity contribution in [2.24, 2.45) is 0 Å². The van der Waals surface area contributed by atoms with Crippen molar-refractivity contribution in [3.05, 3.63) is 89.0 Å². The van der Waals surface area contributed by atoms with Gasteiger partial charge in [0, 0.05) is 86.7 Å². The predicted molar refractivity (Wildman–Crippen MR) is 261 cm³/mol. The van der Waals surface area contributed by atoms with Gasteiger partial charge in [-0.2, -0.15) is 0 Å². The van der Waals surface area contributed by atoms with Crippen LogP contribution >= 0.6 is 0 Å². The standard InChI is InChI=1S/C53H56N8O9/c1-53-48(69-3)37(27-41(70-53)59-34-19-12-10-15-29(34)44-45-32(28-56-50(45)66)42-30-16-11-13-20-35(30)61(53)47(42)46(44)59)58(2)40(64)22-9-7-5-4-6-8-21-38(62)55-26-25-54-33-18-14-17-31-43(33)52(68)60(51(31)67)36-23-24-39(63)57-49(36)65/h10-20,36-37,41,48,54H,4-9,21-28H2,1-3H3,(H,55,62)(H,56,66)(H,57,63,65)/t36?,37-,41-,48-,53+/m1/s1. The molecule has 2 aromatic heterocycles. The zero-order valence-electron chi connectivity index (χ0n) is 39.5. The van der Waals surface area contributed by atoms with Gasteiger partial charge in [0.05, 0.1) is 44.8 Å². The van der Waals surface area contributed by atoms with Gasteiger partial charge in [-0.3, -0.25) is 43.8 Å². The Morgan fingerprint density at radius 2 is 1.54 bits per heavy atom. The zero-order chi connectivity index (χ0) is 48.6. The number of methoxy groups -OCH3 is 1. The van der Waals surface area contributed by atoms with Crippen LogP contribution < -0.4 is 21.3 Å². The van der Waals surface area contributed by atoms with E-state index in [-0.39, 0.29) is 47.7 Å². The van der Waals surface area contributed by atoms with Crippen LogP contribution in [0.15, 0.2) is 66.7 Å². The lowest BCUT2D eigenvalue weighted by Gasteiger charge is -2.50. The van der Waals surface area contributed by atoms with E-state index < -0.39 is 47.7 Å². The van der Waals surface area contributed by atoms with Gasteiger partial charge in [-0.1, -0.05) is 68.1 Å². The van der Waals surface area contributed by atoms with Crippen molar-refractivity contribution < 1.29 is 43.0 Å². The van der Waals surface area contributed by atoms with E-state index in [1.165, 1.54) is 0 Å². The molecule has 4 aromatic carbocycles. The summed E-state index contributed by atoms with van der Waals surface area (Å²) in [6.45, 7) is 3.14. The van der Waals surface area contributed by atoms with Gasteiger partial charge in [-0.15, -0.1) is 0 Å². The molecule has 6 aromatic rings. The summed E-state index contributed by atoms with van der Waals surface area (Å²) in [4.78, 5) is 93.9. The highest BCUT2D eigenvalue weighted by atomic mass is 16.6. The third-order valence-electron chi connectivity index (χ3n) is 15.4. The highest BCUT2D eigenvalue weighted by Gasteiger charge is 2.55. The van der Waals surface area contributed by atoms with Crippen LogP contribution in [0.5, 0.6) is 0 Å². The van der Waals surface area contributed by atoms with Crippen LogP contribution in [0.1, 0.15) is 120 Å². The number of nitrogens with one attached hydrogen (secondary N) is 4. The summed E-state index contributed by atoms with van der Waals surface area (Å²) >= 11 is 0. The Balaban J connectivity index is 0.678. The number of ether oxygens (including phenoxy) is 2. The molecular weight excluding hydrogens is 893 g/mol. The molecule has 0 spiro atoms. The fraction of sp³-hybridized carbons (Fsp3) is 0.415. The maximum Gasteiger partial charge on any atom is 0.264 e. The molecule has 11 rings (SSSR count). The van der Waals surface area contributed by atoms with Crippen molar-refractivity contribution in [1.82, 2.24) is 34.9 Å². The minimum absolute atomic E-state index is 0.0426. The van der Waals surface area contributed by atoms with E-state index in [0.29, 0.717) is 44.6 Å². The summed E-state index contributed by atoms with van der Waals surface area (Å²) in [5, 5.41) is 15.4. The number of piperidine rings is 1. The second-order valence-corrected chi connectivity index (χ2v) is 19.4. The van der Waals surface area contributed by atoms with E-state index in [9.17, 15) is 33.6 Å². The molecule has 70 heavy (non-hydrogen) atoms. The lowest BCUT2D eigenvalue weighted by molar-refractivity contribution is -0.266. The van der Waals surface area contributed by atoms with Gasteiger partial charge in [-0.25, -0.2) is 0 Å². The number of anilines is 1. The smallest absolute Gasteiger partial charge is 0.264 e. The van der Waals surface area contributed by atoms with Gasteiger partial charge in [0.25, 0.3) is 17.7 Å². The van der Waals surface area contributed by atoms with Gasteiger partial charge >= 0.3 is 0 Å². The number of aromatic nitrogens is 2. The Hall–Kier alpha value is -7.11. The van der Waals surface area contributed by atoms with Crippen LogP contribution in [0.25, 0.3) is 43.6 Å². The topological polar surface area (TPSA) is 202 Å². The first kappa shape index (κ1) is 45.3. The molecule has 2 fully saturated rings. The minimum Gasteiger partial charge on any atom is -0.383 e. The van der Waals surface area contributed by atoms with Crippen LogP contribution in [0.3, 0.4) is 0 Å². The largest absolute Gasteiger partial charge is 0.383 e. The summed E-state index contributed by atoms with van der Waals surface area (Å²) in [5.41, 5.74) is 5.41. The molecule has 7 amide bonds. The quantitative estimate of drug-likeness (QED) is 0.0627. The molecule has 17 heteroatoms. The normalized spacial score (nSPS) is 22.5. The Morgan fingerprint density at radius 3 is 2.30 bits per heavy atom. The summed E-state index contributed by atoms with van der Waals surface area (Å²) in [6, 6.07) is 20.0. The molecule has 5 aliphatic heterocycles. The van der Waals surface area contributed by atoms with Crippen molar-refractivity contribution in [1.29, 1.82) is 0 Å². The van der Waals surface area contributed by atoms with Crippen LogP contribution in [-0.4, -0.2) is 106 Å². The number of carbonyl (C=O) groups is 7. The van der Waals surface area contributed by atoms with E-state index in [0.717, 1.165) is 98.2 Å². The van der Waals surface area contributed by atoms with Crippen molar-refractivity contribution in [3.63, 3.8) is 0 Å². The molecule has 1 unspecified atom stereocenters. The Labute approximate surface area is 403 Å². The predicted octanol–water partition coefficient (Wildman–Crippen LogP) is 6.34. The molecular formula is C53H56N8O9. The van der Waals surface area contributed by atoms with E-state index in [4.69, 9.17) is 9.47 Å². The number of para-hydroxylation sites is 2. The number of fused-ring (bicyclic) bond motifs is 14. The second kappa shape index (κ2) is 17.7. The first-order valence-corrected chi connectivity index (χ1v) is 24.5. The van der Waals surface area contributed by atoms with Gasteiger partial charge in [0.1, 0.15) is 18.4 Å². The van der Waals surface area contributed by atoms with Crippen molar-refractivity contribution in [2.75, 3.05) is 32.6 Å². The molecule has 362 valence electrons. The van der Waals surface area contributed by atoms with Gasteiger partial charge in [-0.05, 0) is 56.0 Å². The number of amides is 7. The second-order valence-electron chi connectivity index (χ2n) is 19.4. The van der Waals surface area contributed by atoms with Gasteiger partial charge in [0.2, 0.25) is 23.6 Å². The summed E-state index contributed by atoms with van der Waals surface area (Å²) in [7, 11) is 3.58. The average Bonchev–Trinajstić information content (AvgIpc) is 4.07. The third-order valence-corrected chi connectivity index (χ3v) is 15.4. The Kier molecular flexibility index (Phi) is 11.5. The molecule has 5 aliphatic rings. The molecule has 2 bridgehead atoms. The van der Waals surface area contributed by atoms with Gasteiger partial charge < -0.3 is 39.5 Å². The molecule has 0 saturated carbocycles. The fourth-order valence-corrected chi connectivity index (χ4v) is 12.2. The van der Waals surface area contributed by atoms with Crippen LogP contribution in [-0.2, 0) is 40.9 Å². The van der Waals surface area contributed by atoms with Gasteiger partial charge in [0.15, 0.2) is 5.72 Å². The lowest BCUT2D eigenvalue weighted by atomic mass is 9.91. The molecule has 0 aliphatic carbocycles. The molecule has 5 atom stereocenters. The number of likely N-dealkylation sites (N-methyl/N-ethyl adjacent to an activating group) is 1. The van der Waals surface area contributed by atoms with E-state index in [1.54, 1.807) is 25.3 Å². The van der Waals surface area contributed by atoms with E-state index >= 15 is 0 Å². The maximum absolute atomic E-state index is 14.1. The third kappa shape index (κ3) is 7.06. The Bertz CT molecular complexity index is 3230. The number of benzene rings is 4. The average molecular weight is 949 g/mol. The number of hydrogen-bond acceptors (Lipinski definition) is 10. The zero-order valence-corrected chi connectivity index (χ0v) is 39.5. The fourth-order valence-electron chi connectivity index (χ4n) is 12.2. The number of unbranched alkanes of at least 4 members (excludes halogenated alkanes) is 5. The number of imide groups is 2. The maximum atomic E-state index is 14.1. The summed E-state index contributed by atoms with van der Waals surface area (Å²) in [5.74, 6) is -2.37. The first-order chi connectivity index (χ1) is 33.9. The molecule has 2 saturated heterocycles. The highest BCUT2D eigenvalue weighted by molar-refractivity contribution is 6.31. The van der Waals surface area contributed by atoms with Crippen LogP contribution in [0.2, 0.25) is 0 Å². The molecule has 4 N–H and O–H groups in total. The summed E-state index contributed by atoms with van der Waals surface area (Å²) < 4.78 is 18.3. The van der Waals surface area contributed by atoms with Crippen molar-refractivity contribution >= 4 is 90.6 Å². The number of hydrogen-bond donors (Lipinski definition) is 4. The number of nitrogens with zero attached hydrogens (tertiary/aromatic N) is 4. The van der Waals surface area contributed by atoms with Crippen molar-refractivity contribution in [3.8, 4) is 0 Å². The van der Waals surface area contributed by atoms with E-state index in [2.05, 4.69) is 61.6 Å². The van der Waals surface area contributed by atoms with Crippen LogP contribution in [0.4, 0.5) is 5.69 Å². The van der Waals surface area contributed by atoms with Crippen molar-refractivity contribution in [2.45, 2.75) is 114 Å². The molecule has 0 radical (unpaired) electrons. The Morgan fingerprint density at radius 1 is 0.829 bits per heavy atom. The highest BCUT2D eigenvalue weighted by Crippen LogP contribution is 2.54. The molecule has 7 heterocycles. The monoisotopic (exact) mass is 948 g/mol. The lowest BCUT2D eigenvalue weighted by Crippen LogP contribution is -2.61. The minimum atomic E-state index is -1.05. The number of carbonyl (C=O) groups excluding carboxylic acids is 7.